The molecule has 0 aliphatic carbocycles. The molecular weight excluding hydrogens is 944 g/mol. The zero-order valence-corrected chi connectivity index (χ0v) is 33.4. The number of anilines is 2. The van der Waals surface area contributed by atoms with Gasteiger partial charge in [-0.1, -0.05) is 59.1 Å². The van der Waals surface area contributed by atoms with E-state index in [1.54, 1.807) is 52.2 Å². The van der Waals surface area contributed by atoms with Crippen molar-refractivity contribution in [2.24, 2.45) is 5.10 Å². The number of nitro benzene ring substituents is 2. The molecule has 22 heteroatoms. The lowest BCUT2D eigenvalue weighted by molar-refractivity contribution is -0.386. The van der Waals surface area contributed by atoms with Crippen molar-refractivity contribution in [2.75, 3.05) is 10.3 Å². The first-order valence-corrected chi connectivity index (χ1v) is 18.7. The molecule has 1 saturated heterocycles. The van der Waals surface area contributed by atoms with Crippen molar-refractivity contribution in [3.63, 3.8) is 0 Å². The van der Waals surface area contributed by atoms with Gasteiger partial charge in [0.25, 0.3) is 17.5 Å². The molecule has 1 fully saturated rings. The summed E-state index contributed by atoms with van der Waals surface area (Å²) >= 11 is 20.6. The third-order valence-electron chi connectivity index (χ3n) is 7.56. The maximum Gasteiger partial charge on any atom is 0.352 e. The number of nitrogens with zero attached hydrogens (tertiary/aromatic N) is 5. The predicted molar refractivity (Wildman–Crippen MR) is 221 cm³/mol. The molecule has 6 rings (SSSR count). The van der Waals surface area contributed by atoms with Gasteiger partial charge in [-0.3, -0.25) is 40.6 Å². The maximum absolute atomic E-state index is 12.8. The molecular formula is C35H21Cl3IN7O10S. The number of carboxylic acids is 1. The van der Waals surface area contributed by atoms with E-state index in [0.29, 0.717) is 25.9 Å². The molecule has 0 radical (unpaired) electrons. The van der Waals surface area contributed by atoms with E-state index in [1.807, 2.05) is 5.32 Å². The van der Waals surface area contributed by atoms with Gasteiger partial charge in [-0.25, -0.2) is 19.5 Å². The van der Waals surface area contributed by atoms with Gasteiger partial charge in [0.15, 0.2) is 0 Å². The lowest BCUT2D eigenvalue weighted by atomic mass is 10.1. The molecule has 0 bridgehead atoms. The summed E-state index contributed by atoms with van der Waals surface area (Å²) in [6.45, 7) is 0. The van der Waals surface area contributed by atoms with E-state index >= 15 is 0 Å². The SMILES string of the molecule is O=C(O)C(Cc1ccccc1[N+](=O)[O-])=NNc1nc(-c2ccc(Cl)c(Cl)c2)cs1.O=C1NC(=O)N(c2ccc(Cl)cc2)C(=O)/C1=C/c1cc(I)c(O)c([N+](=O)[O-])c1. The number of imide groups is 2. The number of phenolic OH excluding ortho intramolecular Hbond substituents is 1. The summed E-state index contributed by atoms with van der Waals surface area (Å²) in [5.41, 5.74) is 3.10. The number of urea groups is 1. The van der Waals surface area contributed by atoms with E-state index in [1.165, 1.54) is 59.9 Å². The number of hydrogen-bond acceptors (Lipinski definition) is 13. The molecule has 0 saturated carbocycles. The minimum Gasteiger partial charge on any atom is -0.501 e. The second kappa shape index (κ2) is 18.3. The number of halogens is 4. The molecule has 0 atom stereocenters. The second-order valence-corrected chi connectivity index (χ2v) is 14.5. The number of para-hydroxylation sites is 1. The Balaban J connectivity index is 0.000000218. The van der Waals surface area contributed by atoms with Gasteiger partial charge in [-0.2, -0.15) is 5.10 Å². The number of carboxylic acid groups (broad SMARTS) is 1. The van der Waals surface area contributed by atoms with Crippen LogP contribution in [0.3, 0.4) is 0 Å². The lowest BCUT2D eigenvalue weighted by Gasteiger charge is -2.26. The van der Waals surface area contributed by atoms with Crippen LogP contribution < -0.4 is 15.6 Å². The Kier molecular flexibility index (Phi) is 13.5. The number of hydrogen-bond donors (Lipinski definition) is 4. The average Bonchev–Trinajstić information content (AvgIpc) is 3.64. The Bertz CT molecular complexity index is 2530. The standard InChI is InChI=1S/C18H12Cl2N4O4S.C17H9ClIN3O6/c19-12-6-5-10(7-13(12)20)15-9-29-18(21-15)23-22-14(17(25)26)8-11-3-1-2-4-16(11)24(27)28;18-9-1-3-10(4-2-9)21-16(25)11(15(24)20-17(21)26)5-8-6-12(19)14(23)13(7-8)22(27)28/h1-7,9H,8H2,(H,21,23)(H,25,26);1-7,23H,(H,20,24,26)/b;11-5+. The summed E-state index contributed by atoms with van der Waals surface area (Å²) < 4.78 is 0.160. The molecule has 1 aliphatic rings. The van der Waals surface area contributed by atoms with Crippen molar-refractivity contribution >= 4 is 127 Å². The van der Waals surface area contributed by atoms with E-state index in [9.17, 15) is 49.6 Å². The van der Waals surface area contributed by atoms with Gasteiger partial charge >= 0.3 is 17.7 Å². The van der Waals surface area contributed by atoms with Crippen molar-refractivity contribution in [3.05, 3.63) is 140 Å². The van der Waals surface area contributed by atoms with Gasteiger partial charge in [0.1, 0.15) is 11.3 Å². The smallest absolute Gasteiger partial charge is 0.352 e. The molecule has 4 amide bonds. The zero-order valence-electron chi connectivity index (χ0n) is 28.2. The number of amides is 4. The largest absolute Gasteiger partial charge is 0.501 e. The summed E-state index contributed by atoms with van der Waals surface area (Å²) in [5, 5.41) is 50.6. The Morgan fingerprint density at radius 1 is 0.965 bits per heavy atom. The normalized spacial score (nSPS) is 13.5. The third kappa shape index (κ3) is 10.3. The highest BCUT2D eigenvalue weighted by Gasteiger charge is 2.37. The van der Waals surface area contributed by atoms with Gasteiger partial charge in [-0.15, -0.1) is 11.3 Å². The Hall–Kier alpha value is -6.00. The topological polar surface area (TPSA) is 248 Å². The van der Waals surface area contributed by atoms with E-state index in [0.717, 1.165) is 22.6 Å². The molecule has 5 aromatic rings. The van der Waals surface area contributed by atoms with Crippen molar-refractivity contribution < 1.29 is 39.2 Å². The number of benzene rings is 4. The van der Waals surface area contributed by atoms with Crippen molar-refractivity contribution in [1.29, 1.82) is 0 Å². The fraction of sp³-hybridized carbons (Fsp3) is 0.0286. The minimum atomic E-state index is -1.29. The summed E-state index contributed by atoms with van der Waals surface area (Å²) in [6.07, 6.45) is 0.895. The number of nitrogens with one attached hydrogen (secondary N) is 2. The van der Waals surface area contributed by atoms with Gasteiger partial charge < -0.3 is 10.2 Å². The fourth-order valence-electron chi connectivity index (χ4n) is 4.89. The van der Waals surface area contributed by atoms with Crippen LogP contribution in [0.2, 0.25) is 15.1 Å². The molecule has 0 spiro atoms. The number of phenols is 1. The van der Waals surface area contributed by atoms with Crippen molar-refractivity contribution in [1.82, 2.24) is 10.3 Å². The van der Waals surface area contributed by atoms with Crippen LogP contribution in [0.25, 0.3) is 17.3 Å². The zero-order chi connectivity index (χ0) is 41.6. The van der Waals surface area contributed by atoms with Crippen molar-refractivity contribution in [2.45, 2.75) is 6.42 Å². The van der Waals surface area contributed by atoms with Crippen LogP contribution in [0.15, 0.2) is 94.9 Å². The summed E-state index contributed by atoms with van der Waals surface area (Å²) in [6, 6.07) is 18.3. The summed E-state index contributed by atoms with van der Waals surface area (Å²) in [5.74, 6) is -3.66. The quantitative estimate of drug-likeness (QED) is 0.0258. The number of aromatic nitrogens is 1. The molecule has 0 unspecified atom stereocenters. The summed E-state index contributed by atoms with van der Waals surface area (Å²) in [7, 11) is 0. The third-order valence-corrected chi connectivity index (χ3v) is 10.1. The number of carbonyl (C=O) groups excluding carboxylic acids is 3. The number of aliphatic carboxylic acids is 1. The Morgan fingerprint density at radius 3 is 2.30 bits per heavy atom. The molecule has 57 heavy (non-hydrogen) atoms. The van der Waals surface area contributed by atoms with E-state index < -0.39 is 50.7 Å². The van der Waals surface area contributed by atoms with Crippen LogP contribution in [0.5, 0.6) is 5.75 Å². The van der Waals surface area contributed by atoms with Gasteiger partial charge in [0.05, 0.1) is 34.8 Å². The van der Waals surface area contributed by atoms with Crippen LogP contribution in [-0.2, 0) is 20.8 Å². The maximum atomic E-state index is 12.8. The molecule has 4 N–H and O–H groups in total. The van der Waals surface area contributed by atoms with E-state index in [4.69, 9.17) is 34.8 Å². The number of nitro groups is 2. The number of thiazole rings is 1. The van der Waals surface area contributed by atoms with Gasteiger partial charge in [0.2, 0.25) is 10.9 Å². The molecule has 2 heterocycles. The fourth-order valence-corrected chi connectivity index (χ4v) is 6.61. The highest BCUT2D eigenvalue weighted by molar-refractivity contribution is 14.1. The van der Waals surface area contributed by atoms with E-state index in [-0.39, 0.29) is 38.2 Å². The van der Waals surface area contributed by atoms with Crippen LogP contribution in [0, 0.1) is 23.8 Å². The van der Waals surface area contributed by atoms with Crippen LogP contribution in [0.1, 0.15) is 11.1 Å². The first-order chi connectivity index (χ1) is 27.0. The molecule has 290 valence electrons. The number of barbiturate groups is 1. The molecule has 1 aliphatic heterocycles. The van der Waals surface area contributed by atoms with Crippen LogP contribution in [0.4, 0.5) is 27.0 Å². The Morgan fingerprint density at radius 2 is 1.65 bits per heavy atom. The van der Waals surface area contributed by atoms with Crippen LogP contribution in [-0.4, -0.2) is 54.6 Å². The monoisotopic (exact) mass is 963 g/mol. The second-order valence-electron chi connectivity index (χ2n) is 11.3. The molecule has 17 nitrogen and oxygen atoms in total. The average molecular weight is 965 g/mol. The van der Waals surface area contributed by atoms with Crippen molar-refractivity contribution in [3.8, 4) is 17.0 Å². The van der Waals surface area contributed by atoms with Crippen LogP contribution >= 0.6 is 68.7 Å². The Labute approximate surface area is 352 Å². The highest BCUT2D eigenvalue weighted by atomic mass is 127. The molecule has 4 aromatic carbocycles. The first-order valence-electron chi connectivity index (χ1n) is 15.6. The number of hydrazone groups is 1. The minimum absolute atomic E-state index is 0.137. The number of rotatable bonds is 10. The number of carbonyl (C=O) groups is 4. The first kappa shape index (κ1) is 42.1. The predicted octanol–water partition coefficient (Wildman–Crippen LogP) is 8.35. The number of aromatic hydroxyl groups is 1. The lowest BCUT2D eigenvalue weighted by Crippen LogP contribution is -2.54. The highest BCUT2D eigenvalue weighted by Crippen LogP contribution is 2.34. The summed E-state index contributed by atoms with van der Waals surface area (Å²) in [4.78, 5) is 74.5. The van der Waals surface area contributed by atoms with Gasteiger partial charge in [-0.05, 0) is 76.7 Å². The molecule has 1 aromatic heterocycles. The van der Waals surface area contributed by atoms with E-state index in [2.05, 4.69) is 15.5 Å². The van der Waals surface area contributed by atoms with Gasteiger partial charge in [0, 0.05) is 40.1 Å².